The van der Waals surface area contributed by atoms with Gasteiger partial charge in [-0.1, -0.05) is 30.3 Å². The van der Waals surface area contributed by atoms with Gasteiger partial charge in [-0.05, 0) is 11.6 Å². The quantitative estimate of drug-likeness (QED) is 0.395. The van der Waals surface area contributed by atoms with Gasteiger partial charge in [-0.15, -0.1) is 0 Å². The SMILES string of the molecule is COCC(=O)O[C@@H](/C=C\C(F)(F)F)CCOCc1ccccc1. The van der Waals surface area contributed by atoms with Crippen molar-refractivity contribution in [3.8, 4) is 0 Å². The van der Waals surface area contributed by atoms with Gasteiger partial charge in [0.25, 0.3) is 0 Å². The molecule has 23 heavy (non-hydrogen) atoms. The summed E-state index contributed by atoms with van der Waals surface area (Å²) in [6, 6.07) is 9.34. The van der Waals surface area contributed by atoms with E-state index in [1.807, 2.05) is 30.3 Å². The molecule has 0 fully saturated rings. The first kappa shape index (κ1) is 19.2. The molecule has 0 aliphatic rings. The molecule has 0 unspecified atom stereocenters. The van der Waals surface area contributed by atoms with Gasteiger partial charge < -0.3 is 14.2 Å². The van der Waals surface area contributed by atoms with E-state index < -0.39 is 18.2 Å². The average molecular weight is 332 g/mol. The summed E-state index contributed by atoms with van der Waals surface area (Å²) < 4.78 is 51.6. The van der Waals surface area contributed by atoms with Gasteiger partial charge >= 0.3 is 12.1 Å². The fourth-order valence-electron chi connectivity index (χ4n) is 1.70. The Kier molecular flexibility index (Phi) is 8.36. The van der Waals surface area contributed by atoms with Crippen molar-refractivity contribution in [1.29, 1.82) is 0 Å². The number of benzene rings is 1. The minimum Gasteiger partial charge on any atom is -0.456 e. The third-order valence-electron chi connectivity index (χ3n) is 2.70. The highest BCUT2D eigenvalue weighted by Gasteiger charge is 2.23. The first-order valence-electron chi connectivity index (χ1n) is 6.97. The van der Waals surface area contributed by atoms with E-state index in [1.165, 1.54) is 7.11 Å². The van der Waals surface area contributed by atoms with Crippen LogP contribution in [0.25, 0.3) is 0 Å². The number of carbonyl (C=O) groups is 1. The third-order valence-corrected chi connectivity index (χ3v) is 2.70. The first-order valence-corrected chi connectivity index (χ1v) is 6.97. The number of esters is 1. The molecule has 0 N–H and O–H groups in total. The standard InChI is InChI=1S/C16H19F3O4/c1-21-12-15(20)23-14(7-9-16(17,18)19)8-10-22-11-13-5-3-2-4-6-13/h2-7,9,14H,8,10-12H2,1H3/b9-7-/t14-/m0/s1. The number of ether oxygens (including phenoxy) is 3. The number of alkyl halides is 3. The molecule has 1 aromatic rings. The Morgan fingerprint density at radius 1 is 1.26 bits per heavy atom. The van der Waals surface area contributed by atoms with E-state index in [0.29, 0.717) is 6.61 Å². The highest BCUT2D eigenvalue weighted by molar-refractivity contribution is 5.71. The summed E-state index contributed by atoms with van der Waals surface area (Å²) in [5.41, 5.74) is 0.950. The van der Waals surface area contributed by atoms with E-state index in [1.54, 1.807) is 0 Å². The van der Waals surface area contributed by atoms with Crippen molar-refractivity contribution in [1.82, 2.24) is 0 Å². The number of rotatable bonds is 9. The largest absolute Gasteiger partial charge is 0.456 e. The fraction of sp³-hybridized carbons (Fsp3) is 0.438. The Balaban J connectivity index is 2.45. The Labute approximate surface area is 132 Å². The van der Waals surface area contributed by atoms with Gasteiger partial charge in [0.2, 0.25) is 0 Å². The van der Waals surface area contributed by atoms with Crippen molar-refractivity contribution in [2.24, 2.45) is 0 Å². The Morgan fingerprint density at radius 3 is 2.57 bits per heavy atom. The lowest BCUT2D eigenvalue weighted by Gasteiger charge is -2.15. The van der Waals surface area contributed by atoms with Gasteiger partial charge in [0.15, 0.2) is 0 Å². The monoisotopic (exact) mass is 332 g/mol. The molecule has 1 atom stereocenters. The smallest absolute Gasteiger partial charge is 0.409 e. The second-order valence-electron chi connectivity index (χ2n) is 4.69. The van der Waals surface area contributed by atoms with E-state index >= 15 is 0 Å². The Hall–Kier alpha value is -1.86. The molecule has 0 bridgehead atoms. The van der Waals surface area contributed by atoms with Crippen molar-refractivity contribution in [2.75, 3.05) is 20.3 Å². The van der Waals surface area contributed by atoms with E-state index in [0.717, 1.165) is 11.6 Å². The fourth-order valence-corrected chi connectivity index (χ4v) is 1.70. The van der Waals surface area contributed by atoms with Crippen LogP contribution < -0.4 is 0 Å². The molecule has 0 saturated carbocycles. The molecule has 0 aromatic heterocycles. The number of methoxy groups -OCH3 is 1. The summed E-state index contributed by atoms with van der Waals surface area (Å²) in [4.78, 5) is 11.3. The maximum Gasteiger partial charge on any atom is 0.409 e. The second kappa shape index (κ2) is 10.0. The lowest BCUT2D eigenvalue weighted by atomic mass is 10.2. The molecule has 1 rings (SSSR count). The average Bonchev–Trinajstić information content (AvgIpc) is 2.49. The molecule has 0 amide bonds. The highest BCUT2D eigenvalue weighted by Crippen LogP contribution is 2.17. The van der Waals surface area contributed by atoms with E-state index in [-0.39, 0.29) is 25.7 Å². The maximum atomic E-state index is 12.2. The third kappa shape index (κ3) is 9.70. The number of hydrogen-bond donors (Lipinski definition) is 0. The van der Waals surface area contributed by atoms with Crippen molar-refractivity contribution in [3.63, 3.8) is 0 Å². The number of allylic oxidation sites excluding steroid dienone is 1. The van der Waals surface area contributed by atoms with Crippen LogP contribution in [0, 0.1) is 0 Å². The van der Waals surface area contributed by atoms with Crippen LogP contribution in [0.3, 0.4) is 0 Å². The summed E-state index contributed by atoms with van der Waals surface area (Å²) >= 11 is 0. The van der Waals surface area contributed by atoms with Crippen molar-refractivity contribution in [3.05, 3.63) is 48.0 Å². The predicted octanol–water partition coefficient (Wildman–Crippen LogP) is 3.27. The van der Waals surface area contributed by atoms with Crippen LogP contribution in [0.2, 0.25) is 0 Å². The Morgan fingerprint density at radius 2 is 1.96 bits per heavy atom. The normalized spacial score (nSPS) is 13.2. The molecule has 0 radical (unpaired) electrons. The van der Waals surface area contributed by atoms with Crippen LogP contribution in [0.15, 0.2) is 42.5 Å². The molecule has 0 saturated heterocycles. The van der Waals surface area contributed by atoms with Gasteiger partial charge in [0, 0.05) is 19.6 Å². The van der Waals surface area contributed by atoms with Gasteiger partial charge in [-0.2, -0.15) is 13.2 Å². The topological polar surface area (TPSA) is 44.8 Å². The zero-order valence-electron chi connectivity index (χ0n) is 12.7. The van der Waals surface area contributed by atoms with Gasteiger partial charge in [0.1, 0.15) is 12.7 Å². The summed E-state index contributed by atoms with van der Waals surface area (Å²) in [7, 11) is 1.30. The van der Waals surface area contributed by atoms with Crippen LogP contribution in [0.5, 0.6) is 0 Å². The molecule has 0 aliphatic carbocycles. The van der Waals surface area contributed by atoms with Crippen molar-refractivity contribution >= 4 is 5.97 Å². The molecule has 0 spiro atoms. The van der Waals surface area contributed by atoms with Crippen LogP contribution in [0.4, 0.5) is 13.2 Å². The molecule has 128 valence electrons. The molecule has 0 heterocycles. The van der Waals surface area contributed by atoms with Crippen LogP contribution in [-0.4, -0.2) is 38.6 Å². The predicted molar refractivity (Wildman–Crippen MR) is 77.7 cm³/mol. The number of halogens is 3. The first-order chi connectivity index (χ1) is 10.9. The van der Waals surface area contributed by atoms with Crippen LogP contribution in [-0.2, 0) is 25.6 Å². The summed E-state index contributed by atoms with van der Waals surface area (Å²) in [5, 5.41) is 0. The van der Waals surface area contributed by atoms with Gasteiger partial charge in [-0.25, -0.2) is 4.79 Å². The number of hydrogen-bond acceptors (Lipinski definition) is 4. The lowest BCUT2D eigenvalue weighted by Crippen LogP contribution is -2.21. The molecular formula is C16H19F3O4. The zero-order valence-corrected chi connectivity index (χ0v) is 12.7. The molecular weight excluding hydrogens is 313 g/mol. The van der Waals surface area contributed by atoms with Crippen molar-refractivity contribution < 1.29 is 32.2 Å². The lowest BCUT2D eigenvalue weighted by molar-refractivity contribution is -0.152. The molecule has 0 aliphatic heterocycles. The second-order valence-corrected chi connectivity index (χ2v) is 4.69. The Bertz CT molecular complexity index is 486. The van der Waals surface area contributed by atoms with Crippen molar-refractivity contribution in [2.45, 2.75) is 25.3 Å². The zero-order chi connectivity index (χ0) is 17.1. The van der Waals surface area contributed by atoms with Crippen LogP contribution in [0.1, 0.15) is 12.0 Å². The van der Waals surface area contributed by atoms with E-state index in [4.69, 9.17) is 9.47 Å². The summed E-state index contributed by atoms with van der Waals surface area (Å²) in [5.74, 6) is -0.729. The molecule has 7 heteroatoms. The highest BCUT2D eigenvalue weighted by atomic mass is 19.4. The maximum absolute atomic E-state index is 12.2. The van der Waals surface area contributed by atoms with Gasteiger partial charge in [0.05, 0.1) is 13.2 Å². The van der Waals surface area contributed by atoms with Gasteiger partial charge in [-0.3, -0.25) is 0 Å². The van der Waals surface area contributed by atoms with E-state index in [9.17, 15) is 18.0 Å². The summed E-state index contributed by atoms with van der Waals surface area (Å²) in [6.45, 7) is 0.172. The molecule has 4 nitrogen and oxygen atoms in total. The minimum atomic E-state index is -4.46. The molecule has 1 aromatic carbocycles. The van der Waals surface area contributed by atoms with E-state index in [2.05, 4.69) is 4.74 Å². The minimum absolute atomic E-state index is 0.0505. The van der Waals surface area contributed by atoms with Crippen LogP contribution >= 0.6 is 0 Å². The summed E-state index contributed by atoms with van der Waals surface area (Å²) in [6.07, 6.45) is -4.50. The number of carbonyl (C=O) groups excluding carboxylic acids is 1.